The van der Waals surface area contributed by atoms with E-state index < -0.39 is 15.1 Å². The van der Waals surface area contributed by atoms with Gasteiger partial charge in [-0.25, -0.2) is 0 Å². The molecule has 2 aromatic rings. The number of halogens is 1. The number of aromatic nitrogens is 1. The van der Waals surface area contributed by atoms with E-state index in [1.807, 2.05) is 0 Å². The second kappa shape index (κ2) is 3.16. The van der Waals surface area contributed by atoms with Crippen molar-refractivity contribution < 1.29 is 17.1 Å². The second-order valence-electron chi connectivity index (χ2n) is 3.01. The SMILES string of the molecule is O=Cc1ccc2[nH]cc(S(=O)(=O)F)c2c1. The molecule has 0 atom stereocenters. The van der Waals surface area contributed by atoms with Crippen molar-refractivity contribution in [2.75, 3.05) is 0 Å². The molecular formula is C9H6FNO3S. The van der Waals surface area contributed by atoms with Crippen molar-refractivity contribution in [2.24, 2.45) is 0 Å². The molecule has 0 spiro atoms. The second-order valence-corrected chi connectivity index (χ2v) is 4.33. The molecule has 2 rings (SSSR count). The Bertz CT molecular complexity index is 630. The Balaban J connectivity index is 2.83. The van der Waals surface area contributed by atoms with Gasteiger partial charge in [0.1, 0.15) is 11.2 Å². The van der Waals surface area contributed by atoms with Gasteiger partial charge in [-0.05, 0) is 18.2 Å². The summed E-state index contributed by atoms with van der Waals surface area (Å²) in [6.45, 7) is 0. The van der Waals surface area contributed by atoms with Crippen molar-refractivity contribution in [3.63, 3.8) is 0 Å². The van der Waals surface area contributed by atoms with Crippen LogP contribution >= 0.6 is 0 Å². The number of benzene rings is 1. The van der Waals surface area contributed by atoms with E-state index in [1.54, 1.807) is 0 Å². The van der Waals surface area contributed by atoms with E-state index >= 15 is 0 Å². The Kier molecular flexibility index (Phi) is 2.08. The highest BCUT2D eigenvalue weighted by molar-refractivity contribution is 7.86. The molecule has 0 amide bonds. The van der Waals surface area contributed by atoms with Gasteiger partial charge in [0.15, 0.2) is 0 Å². The van der Waals surface area contributed by atoms with E-state index in [-0.39, 0.29) is 5.39 Å². The molecule has 0 aliphatic rings. The molecule has 0 fully saturated rings. The Morgan fingerprint density at radius 1 is 1.33 bits per heavy atom. The predicted molar refractivity (Wildman–Crippen MR) is 52.0 cm³/mol. The van der Waals surface area contributed by atoms with Crippen LogP contribution in [0.2, 0.25) is 0 Å². The summed E-state index contributed by atoms with van der Waals surface area (Å²) in [6, 6.07) is 4.36. The molecule has 4 nitrogen and oxygen atoms in total. The summed E-state index contributed by atoms with van der Waals surface area (Å²) in [7, 11) is -4.76. The maximum absolute atomic E-state index is 12.8. The third-order valence-electron chi connectivity index (χ3n) is 2.07. The normalized spacial score (nSPS) is 11.8. The molecule has 0 aliphatic carbocycles. The Labute approximate surface area is 84.9 Å². The molecule has 0 unspecified atom stereocenters. The topological polar surface area (TPSA) is 67.0 Å². The van der Waals surface area contributed by atoms with E-state index in [0.29, 0.717) is 17.4 Å². The van der Waals surface area contributed by atoms with Crippen LogP contribution in [0.25, 0.3) is 10.9 Å². The number of hydrogen-bond acceptors (Lipinski definition) is 3. The first kappa shape index (κ1) is 9.85. The first-order valence-electron chi connectivity index (χ1n) is 4.03. The standard InChI is InChI=1S/C9H6FNO3S/c10-15(13,14)9-4-11-8-2-1-6(5-12)3-7(8)9/h1-5,11H. The smallest absolute Gasteiger partial charge is 0.334 e. The number of nitrogens with one attached hydrogen (secondary N) is 1. The molecule has 1 aromatic carbocycles. The molecule has 0 aliphatic heterocycles. The van der Waals surface area contributed by atoms with Gasteiger partial charge in [-0.3, -0.25) is 4.79 Å². The molecule has 0 bridgehead atoms. The highest BCUT2D eigenvalue weighted by Gasteiger charge is 2.17. The number of rotatable bonds is 2. The zero-order chi connectivity index (χ0) is 11.1. The van der Waals surface area contributed by atoms with Gasteiger partial charge in [-0.15, -0.1) is 3.89 Å². The predicted octanol–water partition coefficient (Wildman–Crippen LogP) is 1.64. The van der Waals surface area contributed by atoms with Crippen LogP contribution in [0.4, 0.5) is 3.89 Å². The number of carbonyl (C=O) groups excluding carboxylic acids is 1. The monoisotopic (exact) mass is 227 g/mol. The van der Waals surface area contributed by atoms with E-state index in [2.05, 4.69) is 4.98 Å². The number of H-pyrrole nitrogens is 1. The number of hydrogen-bond donors (Lipinski definition) is 1. The van der Waals surface area contributed by atoms with Crippen LogP contribution in [0.3, 0.4) is 0 Å². The summed E-state index contributed by atoms with van der Waals surface area (Å²) in [4.78, 5) is 12.6. The quantitative estimate of drug-likeness (QED) is 0.626. The molecule has 1 heterocycles. The number of carbonyl (C=O) groups is 1. The van der Waals surface area contributed by atoms with Crippen molar-refractivity contribution >= 4 is 27.4 Å². The average Bonchev–Trinajstić information content (AvgIpc) is 2.59. The number of aldehydes is 1. The summed E-state index contributed by atoms with van der Waals surface area (Å²) < 4.78 is 34.2. The fraction of sp³-hybridized carbons (Fsp3) is 0. The summed E-state index contributed by atoms with van der Waals surface area (Å²) in [5.74, 6) is 0. The lowest BCUT2D eigenvalue weighted by Crippen LogP contribution is -1.89. The Morgan fingerprint density at radius 2 is 2.07 bits per heavy atom. The van der Waals surface area contributed by atoms with E-state index in [1.165, 1.54) is 18.2 Å². The maximum Gasteiger partial charge on any atom is 0.334 e. The summed E-state index contributed by atoms with van der Waals surface area (Å²) in [6.07, 6.45) is 1.63. The van der Waals surface area contributed by atoms with Crippen LogP contribution in [-0.4, -0.2) is 19.7 Å². The highest BCUT2D eigenvalue weighted by Crippen LogP contribution is 2.24. The fourth-order valence-corrected chi connectivity index (χ4v) is 2.02. The van der Waals surface area contributed by atoms with Crippen molar-refractivity contribution in [1.29, 1.82) is 0 Å². The van der Waals surface area contributed by atoms with Gasteiger partial charge in [0.2, 0.25) is 0 Å². The molecule has 0 radical (unpaired) electrons. The first-order valence-corrected chi connectivity index (χ1v) is 5.42. The number of fused-ring (bicyclic) bond motifs is 1. The van der Waals surface area contributed by atoms with Gasteiger partial charge in [0.25, 0.3) is 0 Å². The average molecular weight is 227 g/mol. The van der Waals surface area contributed by atoms with Crippen molar-refractivity contribution in [3.8, 4) is 0 Å². The third-order valence-corrected chi connectivity index (χ3v) is 2.93. The zero-order valence-corrected chi connectivity index (χ0v) is 8.21. The van der Waals surface area contributed by atoms with Gasteiger partial charge < -0.3 is 4.98 Å². The van der Waals surface area contributed by atoms with Gasteiger partial charge in [0.05, 0.1) is 0 Å². The van der Waals surface area contributed by atoms with Gasteiger partial charge in [0, 0.05) is 22.7 Å². The fourth-order valence-electron chi connectivity index (χ4n) is 1.39. The lowest BCUT2D eigenvalue weighted by atomic mass is 10.2. The van der Waals surface area contributed by atoms with Gasteiger partial charge in [-0.1, -0.05) is 0 Å². The molecule has 0 saturated carbocycles. The minimum atomic E-state index is -4.76. The van der Waals surface area contributed by atoms with Crippen molar-refractivity contribution in [2.45, 2.75) is 4.90 Å². The first-order chi connectivity index (χ1) is 7.02. The summed E-state index contributed by atoms with van der Waals surface area (Å²) >= 11 is 0. The molecule has 15 heavy (non-hydrogen) atoms. The third kappa shape index (κ3) is 1.63. The molecule has 6 heteroatoms. The molecule has 1 aromatic heterocycles. The Hall–Kier alpha value is -1.69. The molecule has 78 valence electrons. The van der Waals surface area contributed by atoms with Crippen LogP contribution in [0.1, 0.15) is 10.4 Å². The largest absolute Gasteiger partial charge is 0.360 e. The van der Waals surface area contributed by atoms with E-state index in [4.69, 9.17) is 0 Å². The van der Waals surface area contributed by atoms with Crippen molar-refractivity contribution in [3.05, 3.63) is 30.0 Å². The minimum Gasteiger partial charge on any atom is -0.360 e. The van der Waals surface area contributed by atoms with Crippen LogP contribution in [-0.2, 0) is 10.2 Å². The van der Waals surface area contributed by atoms with Gasteiger partial charge in [-0.2, -0.15) is 8.42 Å². The lowest BCUT2D eigenvalue weighted by Gasteiger charge is -1.94. The van der Waals surface area contributed by atoms with Crippen molar-refractivity contribution in [1.82, 2.24) is 4.98 Å². The minimum absolute atomic E-state index is 0.183. The maximum atomic E-state index is 12.8. The van der Waals surface area contributed by atoms with E-state index in [0.717, 1.165) is 6.20 Å². The van der Waals surface area contributed by atoms with Crippen LogP contribution in [0.5, 0.6) is 0 Å². The molecule has 0 saturated heterocycles. The van der Waals surface area contributed by atoms with Crippen LogP contribution in [0.15, 0.2) is 29.3 Å². The zero-order valence-electron chi connectivity index (χ0n) is 7.40. The Morgan fingerprint density at radius 3 is 2.67 bits per heavy atom. The van der Waals surface area contributed by atoms with E-state index in [9.17, 15) is 17.1 Å². The molecular weight excluding hydrogens is 221 g/mol. The van der Waals surface area contributed by atoms with Crippen LogP contribution < -0.4 is 0 Å². The summed E-state index contributed by atoms with van der Waals surface area (Å²) in [5.41, 5.74) is 0.767. The highest BCUT2D eigenvalue weighted by atomic mass is 32.3. The van der Waals surface area contributed by atoms with Crippen LogP contribution in [0, 0.1) is 0 Å². The molecule has 1 N–H and O–H groups in total. The lowest BCUT2D eigenvalue weighted by molar-refractivity contribution is 0.112. The van der Waals surface area contributed by atoms with Gasteiger partial charge >= 0.3 is 10.2 Å². The summed E-state index contributed by atoms with van der Waals surface area (Å²) in [5, 5.41) is 0.183. The number of aromatic amines is 1.